The summed E-state index contributed by atoms with van der Waals surface area (Å²) in [5, 5.41) is 0. The fraction of sp³-hybridized carbons (Fsp3) is 0.278. The van der Waals surface area contributed by atoms with Gasteiger partial charge < -0.3 is 0 Å². The molecule has 2 aromatic carbocycles. The first-order valence-corrected chi connectivity index (χ1v) is 8.99. The van der Waals surface area contributed by atoms with E-state index < -0.39 is 15.4 Å². The van der Waals surface area contributed by atoms with Gasteiger partial charge in [-0.15, -0.1) is 0 Å². The topological polar surface area (TPSA) is 54.5 Å². The zero-order chi connectivity index (χ0) is 16.7. The molecular weight excluding hydrogens is 310 g/mol. The van der Waals surface area contributed by atoms with Gasteiger partial charge in [0.1, 0.15) is 0 Å². The lowest BCUT2D eigenvalue weighted by molar-refractivity contribution is -0.128. The standard InChI is InChI=1S/C18H19NO3S/c1-14-8-10-16(11-9-14)23(21,22)19-13-12-18(2,17(19)20)15-6-4-3-5-7-15/h3-11H,12-13H2,1-2H3. The van der Waals surface area contributed by atoms with Gasteiger partial charge in [0.2, 0.25) is 5.91 Å². The molecule has 4 nitrogen and oxygen atoms in total. The predicted octanol–water partition coefficient (Wildman–Crippen LogP) is 2.87. The number of hydrogen-bond donors (Lipinski definition) is 0. The molecule has 3 rings (SSSR count). The van der Waals surface area contributed by atoms with Crippen molar-refractivity contribution in [3.63, 3.8) is 0 Å². The Bertz CT molecular complexity index is 828. The van der Waals surface area contributed by atoms with Crippen LogP contribution in [0.3, 0.4) is 0 Å². The molecule has 0 bridgehead atoms. The molecule has 1 heterocycles. The van der Waals surface area contributed by atoms with Crippen LogP contribution in [0.25, 0.3) is 0 Å². The Morgan fingerprint density at radius 2 is 1.61 bits per heavy atom. The Kier molecular flexibility index (Phi) is 3.76. The van der Waals surface area contributed by atoms with Crippen molar-refractivity contribution in [2.24, 2.45) is 0 Å². The van der Waals surface area contributed by atoms with Crippen molar-refractivity contribution in [1.29, 1.82) is 0 Å². The highest BCUT2D eigenvalue weighted by Crippen LogP contribution is 2.37. The minimum absolute atomic E-state index is 0.161. The highest BCUT2D eigenvalue weighted by molar-refractivity contribution is 7.89. The third-order valence-electron chi connectivity index (χ3n) is 4.53. The highest BCUT2D eigenvalue weighted by Gasteiger charge is 2.48. The van der Waals surface area contributed by atoms with Crippen molar-refractivity contribution in [1.82, 2.24) is 4.31 Å². The number of amides is 1. The van der Waals surface area contributed by atoms with E-state index in [1.807, 2.05) is 44.2 Å². The van der Waals surface area contributed by atoms with Crippen LogP contribution in [0.15, 0.2) is 59.5 Å². The molecule has 0 aromatic heterocycles. The summed E-state index contributed by atoms with van der Waals surface area (Å²) in [6.07, 6.45) is 0.487. The number of carbonyl (C=O) groups is 1. The Morgan fingerprint density at radius 1 is 1.00 bits per heavy atom. The molecule has 1 atom stereocenters. The minimum Gasteiger partial charge on any atom is -0.273 e. The van der Waals surface area contributed by atoms with Gasteiger partial charge in [-0.3, -0.25) is 4.79 Å². The fourth-order valence-electron chi connectivity index (χ4n) is 2.95. The molecule has 23 heavy (non-hydrogen) atoms. The summed E-state index contributed by atoms with van der Waals surface area (Å²) < 4.78 is 26.6. The lowest BCUT2D eigenvalue weighted by Crippen LogP contribution is -2.39. The molecule has 0 spiro atoms. The molecule has 0 saturated carbocycles. The number of benzene rings is 2. The van der Waals surface area contributed by atoms with Gasteiger partial charge >= 0.3 is 0 Å². The molecule has 2 aromatic rings. The van der Waals surface area contributed by atoms with Gasteiger partial charge in [-0.2, -0.15) is 0 Å². The Balaban J connectivity index is 1.97. The smallest absolute Gasteiger partial charge is 0.266 e. The van der Waals surface area contributed by atoms with Gasteiger partial charge in [-0.25, -0.2) is 12.7 Å². The van der Waals surface area contributed by atoms with E-state index in [2.05, 4.69) is 0 Å². The van der Waals surface area contributed by atoms with Crippen molar-refractivity contribution in [3.8, 4) is 0 Å². The van der Waals surface area contributed by atoms with Crippen LogP contribution in [0.4, 0.5) is 0 Å². The molecule has 0 N–H and O–H groups in total. The van der Waals surface area contributed by atoms with E-state index >= 15 is 0 Å². The molecule has 1 aliphatic heterocycles. The van der Waals surface area contributed by atoms with Crippen molar-refractivity contribution in [3.05, 3.63) is 65.7 Å². The monoisotopic (exact) mass is 329 g/mol. The summed E-state index contributed by atoms with van der Waals surface area (Å²) in [7, 11) is -3.80. The van der Waals surface area contributed by atoms with Crippen molar-refractivity contribution >= 4 is 15.9 Å². The zero-order valence-corrected chi connectivity index (χ0v) is 14.0. The molecular formula is C18H19NO3S. The Labute approximate surface area is 136 Å². The number of sulfonamides is 1. The predicted molar refractivity (Wildman–Crippen MR) is 88.5 cm³/mol. The lowest BCUT2D eigenvalue weighted by Gasteiger charge is -2.23. The minimum atomic E-state index is -3.80. The molecule has 0 aliphatic carbocycles. The van der Waals surface area contributed by atoms with Gasteiger partial charge in [0, 0.05) is 6.54 Å². The van der Waals surface area contributed by atoms with Gasteiger partial charge in [0.05, 0.1) is 10.3 Å². The van der Waals surface area contributed by atoms with Crippen LogP contribution < -0.4 is 0 Å². The number of nitrogens with zero attached hydrogens (tertiary/aromatic N) is 1. The van der Waals surface area contributed by atoms with Crippen LogP contribution in [0.2, 0.25) is 0 Å². The quantitative estimate of drug-likeness (QED) is 0.870. The van der Waals surface area contributed by atoms with Crippen LogP contribution in [0, 0.1) is 6.92 Å². The van der Waals surface area contributed by atoms with Crippen molar-refractivity contribution in [2.45, 2.75) is 30.6 Å². The summed E-state index contributed by atoms with van der Waals surface area (Å²) in [5.41, 5.74) is 1.04. The maximum atomic E-state index is 12.9. The number of rotatable bonds is 3. The third-order valence-corrected chi connectivity index (χ3v) is 6.33. The molecule has 1 aliphatic rings. The molecule has 120 valence electrons. The van der Waals surface area contributed by atoms with Crippen LogP contribution in [0.5, 0.6) is 0 Å². The zero-order valence-electron chi connectivity index (χ0n) is 13.2. The van der Waals surface area contributed by atoms with Gasteiger partial charge in [-0.05, 0) is 38.0 Å². The van der Waals surface area contributed by atoms with E-state index in [9.17, 15) is 13.2 Å². The highest BCUT2D eigenvalue weighted by atomic mass is 32.2. The van der Waals surface area contributed by atoms with Gasteiger partial charge in [-0.1, -0.05) is 48.0 Å². The van der Waals surface area contributed by atoms with Crippen molar-refractivity contribution in [2.75, 3.05) is 6.54 Å². The molecule has 1 amide bonds. The number of aryl methyl sites for hydroxylation is 1. The summed E-state index contributed by atoms with van der Waals surface area (Å²) in [5.74, 6) is -0.357. The van der Waals surface area contributed by atoms with E-state index in [4.69, 9.17) is 0 Å². The SMILES string of the molecule is Cc1ccc(S(=O)(=O)N2CCC(C)(c3ccccc3)C2=O)cc1. The first kappa shape index (κ1) is 15.7. The fourth-order valence-corrected chi connectivity index (χ4v) is 4.44. The second-order valence-corrected chi connectivity index (χ2v) is 8.01. The maximum Gasteiger partial charge on any atom is 0.266 e. The summed E-state index contributed by atoms with van der Waals surface area (Å²) in [4.78, 5) is 13.0. The molecule has 1 unspecified atom stereocenters. The second kappa shape index (κ2) is 5.49. The number of hydrogen-bond acceptors (Lipinski definition) is 3. The lowest BCUT2D eigenvalue weighted by atomic mass is 9.81. The summed E-state index contributed by atoms with van der Waals surface area (Å²) >= 11 is 0. The Morgan fingerprint density at radius 3 is 2.22 bits per heavy atom. The van der Waals surface area contributed by atoms with Crippen LogP contribution in [0.1, 0.15) is 24.5 Å². The second-order valence-electron chi connectivity index (χ2n) is 6.14. The third kappa shape index (κ3) is 2.55. The normalized spacial score (nSPS) is 21.7. The summed E-state index contributed by atoms with van der Waals surface area (Å²) in [6.45, 7) is 3.92. The summed E-state index contributed by atoms with van der Waals surface area (Å²) in [6, 6.07) is 15.9. The van der Waals surface area contributed by atoms with E-state index in [1.165, 1.54) is 0 Å². The van der Waals surface area contributed by atoms with Gasteiger partial charge in [0.15, 0.2) is 0 Å². The van der Waals surface area contributed by atoms with E-state index in [1.54, 1.807) is 24.3 Å². The molecule has 0 radical (unpaired) electrons. The average molecular weight is 329 g/mol. The van der Waals surface area contributed by atoms with Crippen LogP contribution in [-0.2, 0) is 20.2 Å². The van der Waals surface area contributed by atoms with Crippen molar-refractivity contribution < 1.29 is 13.2 Å². The first-order chi connectivity index (χ1) is 10.9. The van der Waals surface area contributed by atoms with Crippen LogP contribution in [-0.4, -0.2) is 25.2 Å². The Hall–Kier alpha value is -2.14. The van der Waals surface area contributed by atoms with Gasteiger partial charge in [0.25, 0.3) is 10.0 Å². The van der Waals surface area contributed by atoms with E-state index in [-0.39, 0.29) is 17.3 Å². The van der Waals surface area contributed by atoms with E-state index in [0.29, 0.717) is 6.42 Å². The molecule has 1 fully saturated rings. The average Bonchev–Trinajstić information content (AvgIpc) is 2.86. The largest absolute Gasteiger partial charge is 0.273 e. The maximum absolute atomic E-state index is 12.9. The van der Waals surface area contributed by atoms with Crippen LogP contribution >= 0.6 is 0 Å². The van der Waals surface area contributed by atoms with E-state index in [0.717, 1.165) is 15.4 Å². The molecule has 1 saturated heterocycles. The first-order valence-electron chi connectivity index (χ1n) is 7.55. The number of carbonyl (C=O) groups excluding carboxylic acids is 1. The molecule has 5 heteroatoms.